The fourth-order valence-corrected chi connectivity index (χ4v) is 2.60. The Morgan fingerprint density at radius 3 is 3.08 bits per heavy atom. The van der Waals surface area contributed by atoms with Gasteiger partial charge in [0.25, 0.3) is 0 Å². The fourth-order valence-electron chi connectivity index (χ4n) is 0.822. The Kier molecular flexibility index (Phi) is 4.17. The van der Waals surface area contributed by atoms with Crippen LogP contribution < -0.4 is 0 Å². The lowest BCUT2D eigenvalue weighted by Crippen LogP contribution is -2.08. The zero-order valence-electron chi connectivity index (χ0n) is 7.14. The summed E-state index contributed by atoms with van der Waals surface area (Å²) in [4.78, 5) is 14.4. The normalized spacial score (nSPS) is 12.7. The number of nitrogens with zero attached hydrogens (tertiary/aromatic N) is 2. The van der Waals surface area contributed by atoms with Crippen molar-refractivity contribution in [2.45, 2.75) is 29.4 Å². The maximum Gasteiger partial charge on any atom is 0.304 e. The third kappa shape index (κ3) is 3.73. The molecule has 4 nitrogen and oxygen atoms in total. The summed E-state index contributed by atoms with van der Waals surface area (Å²) < 4.78 is 4.69. The van der Waals surface area contributed by atoms with Crippen LogP contribution in [-0.4, -0.2) is 25.7 Å². The van der Waals surface area contributed by atoms with Crippen molar-refractivity contribution in [2.24, 2.45) is 0 Å². The maximum absolute atomic E-state index is 10.5. The van der Waals surface area contributed by atoms with Crippen LogP contribution >= 0.6 is 23.3 Å². The van der Waals surface area contributed by atoms with Crippen LogP contribution in [0.2, 0.25) is 0 Å². The van der Waals surface area contributed by atoms with Gasteiger partial charge < -0.3 is 5.11 Å². The molecule has 1 rings (SSSR count). The van der Waals surface area contributed by atoms with Crippen molar-refractivity contribution in [3.8, 4) is 0 Å². The van der Waals surface area contributed by atoms with Gasteiger partial charge in [0.1, 0.15) is 6.33 Å². The van der Waals surface area contributed by atoms with E-state index >= 15 is 0 Å². The highest BCUT2D eigenvalue weighted by Gasteiger charge is 2.13. The molecule has 1 heterocycles. The van der Waals surface area contributed by atoms with Crippen molar-refractivity contribution >= 4 is 29.3 Å². The van der Waals surface area contributed by atoms with E-state index in [-0.39, 0.29) is 11.7 Å². The van der Waals surface area contributed by atoms with Crippen molar-refractivity contribution in [3.63, 3.8) is 0 Å². The highest BCUT2D eigenvalue weighted by Crippen LogP contribution is 2.27. The summed E-state index contributed by atoms with van der Waals surface area (Å²) in [5.41, 5.74) is 0. The lowest BCUT2D eigenvalue weighted by molar-refractivity contribution is -0.136. The molecule has 1 aromatic rings. The number of aliphatic carboxylic acids is 1. The van der Waals surface area contributed by atoms with Crippen molar-refractivity contribution in [2.75, 3.05) is 0 Å². The minimum atomic E-state index is -0.760. The van der Waals surface area contributed by atoms with E-state index in [0.29, 0.717) is 0 Å². The number of hydrogen-bond acceptors (Lipinski definition) is 5. The maximum atomic E-state index is 10.5. The van der Waals surface area contributed by atoms with E-state index in [4.69, 9.17) is 5.11 Å². The van der Waals surface area contributed by atoms with E-state index in [2.05, 4.69) is 9.36 Å². The minimum Gasteiger partial charge on any atom is -0.481 e. The second-order valence-corrected chi connectivity index (χ2v) is 4.78. The number of carbonyl (C=O) groups is 1. The summed E-state index contributed by atoms with van der Waals surface area (Å²) in [6.45, 7) is 1.97. The Morgan fingerprint density at radius 2 is 2.62 bits per heavy atom. The second-order valence-electron chi connectivity index (χ2n) is 2.45. The van der Waals surface area contributed by atoms with E-state index in [1.807, 2.05) is 6.92 Å². The zero-order valence-corrected chi connectivity index (χ0v) is 8.77. The second kappa shape index (κ2) is 5.18. The highest BCUT2D eigenvalue weighted by molar-refractivity contribution is 8.01. The van der Waals surface area contributed by atoms with E-state index in [0.717, 1.165) is 10.8 Å². The number of thioether (sulfide) groups is 1. The molecule has 0 saturated heterocycles. The van der Waals surface area contributed by atoms with Crippen LogP contribution in [-0.2, 0) is 4.79 Å². The monoisotopic (exact) mass is 218 g/mol. The standard InChI is InChI=1S/C7H10N2O2S2/c1-2-5(3-6(10)11)12-7-8-4-9-13-7/h4-5H,2-3H2,1H3,(H,10,11). The van der Waals surface area contributed by atoms with Crippen molar-refractivity contribution in [1.82, 2.24) is 9.36 Å². The average molecular weight is 218 g/mol. The van der Waals surface area contributed by atoms with Crippen LogP contribution in [0.25, 0.3) is 0 Å². The van der Waals surface area contributed by atoms with Gasteiger partial charge in [0.05, 0.1) is 6.42 Å². The number of hydrogen-bond donors (Lipinski definition) is 1. The average Bonchev–Trinajstić information content (AvgIpc) is 2.55. The first-order valence-corrected chi connectivity index (χ1v) is 5.52. The fraction of sp³-hybridized carbons (Fsp3) is 0.571. The molecule has 1 aromatic heterocycles. The van der Waals surface area contributed by atoms with Crippen LogP contribution in [0, 0.1) is 0 Å². The Balaban J connectivity index is 2.45. The quantitative estimate of drug-likeness (QED) is 0.764. The molecule has 0 aromatic carbocycles. The molecule has 0 aliphatic heterocycles. The molecule has 0 spiro atoms. The minimum absolute atomic E-state index is 0.102. The van der Waals surface area contributed by atoms with Crippen LogP contribution in [0.4, 0.5) is 0 Å². The molecule has 0 saturated carbocycles. The molecular weight excluding hydrogens is 208 g/mol. The van der Waals surface area contributed by atoms with Crippen LogP contribution in [0.3, 0.4) is 0 Å². The Hall–Kier alpha value is -0.620. The van der Waals surface area contributed by atoms with Gasteiger partial charge in [-0.05, 0) is 18.0 Å². The van der Waals surface area contributed by atoms with E-state index < -0.39 is 5.97 Å². The highest BCUT2D eigenvalue weighted by atomic mass is 32.2. The number of carboxylic acids is 1. The molecule has 72 valence electrons. The molecule has 1 N–H and O–H groups in total. The first-order valence-electron chi connectivity index (χ1n) is 3.87. The molecule has 0 aliphatic carbocycles. The smallest absolute Gasteiger partial charge is 0.304 e. The van der Waals surface area contributed by atoms with Crippen LogP contribution in [0.1, 0.15) is 19.8 Å². The van der Waals surface area contributed by atoms with Gasteiger partial charge in [-0.1, -0.05) is 18.7 Å². The van der Waals surface area contributed by atoms with Gasteiger partial charge >= 0.3 is 5.97 Å². The summed E-state index contributed by atoms with van der Waals surface area (Å²) in [6, 6.07) is 0. The number of rotatable bonds is 5. The molecule has 13 heavy (non-hydrogen) atoms. The summed E-state index contributed by atoms with van der Waals surface area (Å²) in [7, 11) is 0. The molecule has 0 bridgehead atoms. The summed E-state index contributed by atoms with van der Waals surface area (Å²) in [6.07, 6.45) is 2.50. The third-order valence-corrected chi connectivity index (χ3v) is 3.58. The number of carboxylic acid groups (broad SMARTS) is 1. The predicted octanol–water partition coefficient (Wildman–Crippen LogP) is 1.88. The van der Waals surface area contributed by atoms with Gasteiger partial charge in [-0.3, -0.25) is 4.79 Å². The zero-order chi connectivity index (χ0) is 9.68. The summed E-state index contributed by atoms with van der Waals surface area (Å²) in [5, 5.41) is 8.70. The van der Waals surface area contributed by atoms with E-state index in [1.165, 1.54) is 29.6 Å². The molecule has 0 amide bonds. The largest absolute Gasteiger partial charge is 0.481 e. The summed E-state index contributed by atoms with van der Waals surface area (Å²) >= 11 is 2.79. The molecule has 0 aliphatic rings. The third-order valence-electron chi connectivity index (χ3n) is 1.47. The lowest BCUT2D eigenvalue weighted by Gasteiger charge is -2.08. The van der Waals surface area contributed by atoms with E-state index in [9.17, 15) is 4.79 Å². The van der Waals surface area contributed by atoms with Crippen LogP contribution in [0.5, 0.6) is 0 Å². The summed E-state index contributed by atoms with van der Waals surface area (Å²) in [5.74, 6) is -0.760. The first kappa shape index (κ1) is 10.5. The Morgan fingerprint density at radius 1 is 1.85 bits per heavy atom. The van der Waals surface area contributed by atoms with Crippen molar-refractivity contribution in [3.05, 3.63) is 6.33 Å². The van der Waals surface area contributed by atoms with Gasteiger partial charge in [0.2, 0.25) is 0 Å². The topological polar surface area (TPSA) is 63.1 Å². The molecule has 0 fully saturated rings. The predicted molar refractivity (Wildman–Crippen MR) is 52.1 cm³/mol. The molecular formula is C7H10N2O2S2. The number of aromatic nitrogens is 2. The Bertz CT molecular complexity index is 263. The molecule has 6 heteroatoms. The molecule has 1 unspecified atom stereocenters. The lowest BCUT2D eigenvalue weighted by atomic mass is 10.2. The van der Waals surface area contributed by atoms with Gasteiger partial charge in [0.15, 0.2) is 4.34 Å². The molecule has 0 radical (unpaired) electrons. The van der Waals surface area contributed by atoms with Gasteiger partial charge in [-0.15, -0.1) is 0 Å². The Labute approximate surface area is 84.6 Å². The van der Waals surface area contributed by atoms with Gasteiger partial charge in [-0.2, -0.15) is 4.37 Å². The SMILES string of the molecule is CCC(CC(=O)O)Sc1ncns1. The molecule has 1 atom stereocenters. The van der Waals surface area contributed by atoms with Crippen LogP contribution in [0.15, 0.2) is 10.7 Å². The van der Waals surface area contributed by atoms with Crippen molar-refractivity contribution in [1.29, 1.82) is 0 Å². The van der Waals surface area contributed by atoms with Crippen molar-refractivity contribution < 1.29 is 9.90 Å². The van der Waals surface area contributed by atoms with Gasteiger partial charge in [0, 0.05) is 5.25 Å². The van der Waals surface area contributed by atoms with E-state index in [1.54, 1.807) is 0 Å². The first-order chi connectivity index (χ1) is 6.22. The van der Waals surface area contributed by atoms with Gasteiger partial charge in [-0.25, -0.2) is 4.98 Å².